The summed E-state index contributed by atoms with van der Waals surface area (Å²) in [4.78, 5) is 12.9. The number of ether oxygens (including phenoxy) is 4. The van der Waals surface area contributed by atoms with Gasteiger partial charge in [-0.1, -0.05) is 29.8 Å². The first-order valence-electron chi connectivity index (χ1n) is 12.1. The van der Waals surface area contributed by atoms with Crippen molar-refractivity contribution in [3.63, 3.8) is 0 Å². The minimum Gasteiger partial charge on any atom is -0.467 e. The average Bonchev–Trinajstić information content (AvgIpc) is 3.25. The van der Waals surface area contributed by atoms with Crippen LogP contribution in [0.2, 0.25) is 5.02 Å². The summed E-state index contributed by atoms with van der Waals surface area (Å²) in [5.41, 5.74) is 3.80. The Morgan fingerprint density at radius 2 is 1.81 bits per heavy atom. The lowest BCUT2D eigenvalue weighted by molar-refractivity contribution is 0.0463. The van der Waals surface area contributed by atoms with Crippen LogP contribution in [0.15, 0.2) is 66.7 Å². The Morgan fingerprint density at radius 3 is 2.51 bits per heavy atom. The molecule has 0 atom stereocenters. The third-order valence-electron chi connectivity index (χ3n) is 6.52. The van der Waals surface area contributed by atoms with Gasteiger partial charge in [0.1, 0.15) is 18.2 Å². The van der Waals surface area contributed by atoms with Gasteiger partial charge in [0.15, 0.2) is 6.79 Å². The molecule has 0 N–H and O–H groups in total. The SMILES string of the molecule is COCOc1cc(Cl)cc2c1c(COC(=O)c1ccccc1)c(C1CCOCC1)n2-c1ccc(F)cc1. The van der Waals surface area contributed by atoms with Crippen LogP contribution in [0.1, 0.15) is 40.4 Å². The van der Waals surface area contributed by atoms with Crippen molar-refractivity contribution in [3.05, 3.63) is 94.4 Å². The first-order chi connectivity index (χ1) is 18.1. The summed E-state index contributed by atoms with van der Waals surface area (Å²) in [5, 5.41) is 1.25. The number of carbonyl (C=O) groups excluding carboxylic acids is 1. The van der Waals surface area contributed by atoms with Crippen LogP contribution in [0.3, 0.4) is 0 Å². The van der Waals surface area contributed by atoms with Crippen molar-refractivity contribution in [1.29, 1.82) is 0 Å². The molecule has 0 spiro atoms. The van der Waals surface area contributed by atoms with Crippen LogP contribution in [0.5, 0.6) is 5.75 Å². The molecule has 2 heterocycles. The predicted molar refractivity (Wildman–Crippen MR) is 139 cm³/mol. The molecular weight excluding hydrogens is 497 g/mol. The molecule has 1 saturated heterocycles. The summed E-state index contributed by atoms with van der Waals surface area (Å²) in [7, 11) is 1.54. The summed E-state index contributed by atoms with van der Waals surface area (Å²) < 4.78 is 38.6. The molecule has 0 radical (unpaired) electrons. The van der Waals surface area contributed by atoms with Gasteiger partial charge in [0.05, 0.1) is 11.1 Å². The van der Waals surface area contributed by atoms with Crippen molar-refractivity contribution in [2.75, 3.05) is 27.1 Å². The number of esters is 1. The van der Waals surface area contributed by atoms with E-state index in [0.29, 0.717) is 29.5 Å². The van der Waals surface area contributed by atoms with Crippen molar-refractivity contribution in [2.24, 2.45) is 0 Å². The summed E-state index contributed by atoms with van der Waals surface area (Å²) >= 11 is 6.54. The molecule has 192 valence electrons. The van der Waals surface area contributed by atoms with Crippen LogP contribution >= 0.6 is 11.6 Å². The second-order valence-electron chi connectivity index (χ2n) is 8.85. The lowest BCUT2D eigenvalue weighted by Crippen LogP contribution is -2.18. The lowest BCUT2D eigenvalue weighted by Gasteiger charge is -2.25. The van der Waals surface area contributed by atoms with E-state index in [2.05, 4.69) is 4.57 Å². The van der Waals surface area contributed by atoms with Gasteiger partial charge in [0.2, 0.25) is 0 Å². The number of methoxy groups -OCH3 is 1. The van der Waals surface area contributed by atoms with Gasteiger partial charge in [-0.25, -0.2) is 9.18 Å². The number of nitrogens with zero attached hydrogens (tertiary/aromatic N) is 1. The second kappa shape index (κ2) is 11.3. The van der Waals surface area contributed by atoms with Gasteiger partial charge in [0.25, 0.3) is 0 Å². The highest BCUT2D eigenvalue weighted by Gasteiger charge is 2.30. The Kier molecular flexibility index (Phi) is 7.74. The normalized spacial score (nSPS) is 14.1. The van der Waals surface area contributed by atoms with E-state index in [1.165, 1.54) is 12.1 Å². The van der Waals surface area contributed by atoms with E-state index in [0.717, 1.165) is 40.7 Å². The fourth-order valence-corrected chi connectivity index (χ4v) is 5.09. The Hall–Kier alpha value is -3.39. The van der Waals surface area contributed by atoms with Crippen LogP contribution in [0, 0.1) is 5.82 Å². The molecule has 0 bridgehead atoms. The molecule has 1 aromatic heterocycles. The highest BCUT2D eigenvalue weighted by molar-refractivity contribution is 6.31. The van der Waals surface area contributed by atoms with Crippen LogP contribution in [0.4, 0.5) is 4.39 Å². The molecule has 37 heavy (non-hydrogen) atoms. The summed E-state index contributed by atoms with van der Waals surface area (Å²) in [6, 6.07) is 18.8. The van der Waals surface area contributed by atoms with Gasteiger partial charge >= 0.3 is 5.97 Å². The number of rotatable bonds is 8. The zero-order valence-corrected chi connectivity index (χ0v) is 21.2. The fourth-order valence-electron chi connectivity index (χ4n) is 4.89. The first-order valence-corrected chi connectivity index (χ1v) is 12.5. The second-order valence-corrected chi connectivity index (χ2v) is 9.29. The van der Waals surface area contributed by atoms with E-state index in [9.17, 15) is 9.18 Å². The molecule has 3 aromatic carbocycles. The highest BCUT2D eigenvalue weighted by atomic mass is 35.5. The maximum Gasteiger partial charge on any atom is 0.338 e. The Labute approximate surface area is 219 Å². The van der Waals surface area contributed by atoms with Crippen molar-refractivity contribution in [3.8, 4) is 11.4 Å². The molecule has 0 unspecified atom stereocenters. The molecule has 1 aliphatic rings. The number of fused-ring (bicyclic) bond motifs is 1. The van der Waals surface area contributed by atoms with E-state index in [1.807, 2.05) is 12.1 Å². The molecule has 4 aromatic rings. The van der Waals surface area contributed by atoms with E-state index < -0.39 is 5.97 Å². The van der Waals surface area contributed by atoms with Crippen LogP contribution in [-0.4, -0.2) is 37.7 Å². The number of benzene rings is 3. The third-order valence-corrected chi connectivity index (χ3v) is 6.74. The van der Waals surface area contributed by atoms with Crippen LogP contribution in [0.25, 0.3) is 16.6 Å². The maximum absolute atomic E-state index is 13.9. The molecule has 0 amide bonds. The average molecular weight is 524 g/mol. The number of hydrogen-bond donors (Lipinski definition) is 0. The van der Waals surface area contributed by atoms with Gasteiger partial charge in [0, 0.05) is 53.6 Å². The standard InChI is InChI=1S/C29H27ClFNO5/c1-34-18-37-26-16-21(30)15-25-27(26)24(17-36-29(33)20-5-3-2-4-6-20)28(19-11-13-35-14-12-19)32(25)23-9-7-22(31)8-10-23/h2-10,15-16,19H,11-14,17-18H2,1H3. The van der Waals surface area contributed by atoms with E-state index in [4.69, 9.17) is 30.5 Å². The summed E-state index contributed by atoms with van der Waals surface area (Å²) in [6.07, 6.45) is 1.58. The Bertz CT molecular complexity index is 1380. The smallest absolute Gasteiger partial charge is 0.338 e. The largest absolute Gasteiger partial charge is 0.467 e. The van der Waals surface area contributed by atoms with Crippen molar-refractivity contribution in [2.45, 2.75) is 25.4 Å². The van der Waals surface area contributed by atoms with E-state index in [1.54, 1.807) is 49.6 Å². The summed E-state index contributed by atoms with van der Waals surface area (Å²) in [5.74, 6) is -0.114. The van der Waals surface area contributed by atoms with Gasteiger partial charge < -0.3 is 23.5 Å². The lowest BCUT2D eigenvalue weighted by atomic mass is 9.92. The zero-order chi connectivity index (χ0) is 25.8. The molecule has 1 fully saturated rings. The Balaban J connectivity index is 1.72. The van der Waals surface area contributed by atoms with Crippen molar-refractivity contribution < 1.29 is 28.1 Å². The topological polar surface area (TPSA) is 58.9 Å². The fraction of sp³-hybridized carbons (Fsp3) is 0.276. The number of aromatic nitrogens is 1. The molecule has 0 saturated carbocycles. The van der Waals surface area contributed by atoms with Gasteiger partial charge in [-0.05, 0) is 61.4 Å². The van der Waals surface area contributed by atoms with E-state index in [-0.39, 0.29) is 25.1 Å². The predicted octanol–water partition coefficient (Wildman–Crippen LogP) is 6.66. The monoisotopic (exact) mass is 523 g/mol. The number of hydrogen-bond acceptors (Lipinski definition) is 5. The van der Waals surface area contributed by atoms with Crippen molar-refractivity contribution >= 4 is 28.5 Å². The minimum absolute atomic E-state index is 0.0208. The summed E-state index contributed by atoms with van der Waals surface area (Å²) in [6.45, 7) is 1.28. The zero-order valence-electron chi connectivity index (χ0n) is 20.4. The molecule has 6 nitrogen and oxygen atoms in total. The third kappa shape index (κ3) is 5.34. The van der Waals surface area contributed by atoms with E-state index >= 15 is 0 Å². The molecule has 5 rings (SSSR count). The number of halogens is 2. The Morgan fingerprint density at radius 1 is 1.08 bits per heavy atom. The first kappa shape index (κ1) is 25.3. The van der Waals surface area contributed by atoms with Crippen LogP contribution < -0.4 is 4.74 Å². The van der Waals surface area contributed by atoms with Crippen molar-refractivity contribution in [1.82, 2.24) is 4.57 Å². The molecular formula is C29H27ClFNO5. The minimum atomic E-state index is -0.422. The van der Waals surface area contributed by atoms with Gasteiger partial charge in [-0.3, -0.25) is 0 Å². The van der Waals surface area contributed by atoms with Gasteiger partial charge in [-0.2, -0.15) is 0 Å². The molecule has 8 heteroatoms. The van der Waals surface area contributed by atoms with Crippen LogP contribution in [-0.2, 0) is 20.8 Å². The highest BCUT2D eigenvalue weighted by Crippen LogP contribution is 2.43. The molecule has 1 aliphatic heterocycles. The maximum atomic E-state index is 13.9. The quantitative estimate of drug-likeness (QED) is 0.191. The number of carbonyl (C=O) groups is 1. The van der Waals surface area contributed by atoms with Gasteiger partial charge in [-0.15, -0.1) is 0 Å². The molecule has 0 aliphatic carbocycles.